The molecule has 1 rings (SSSR count). The number of methoxy groups -OCH3 is 1. The second kappa shape index (κ2) is 7.66. The standard InChI is InChI=1S/C13H21N3O2/c1-4-7-14-12-11(6-5-8-15-12)13(17)16-9-10(2)18-3/h5-6,8,10H,4,7,9H2,1-3H3,(H,14,15)(H,16,17). The Balaban J connectivity index is 2.66. The first kappa shape index (κ1) is 14.4. The van der Waals surface area contributed by atoms with E-state index in [4.69, 9.17) is 4.74 Å². The summed E-state index contributed by atoms with van der Waals surface area (Å²) in [6.07, 6.45) is 2.66. The molecular formula is C13H21N3O2. The van der Waals surface area contributed by atoms with Crippen LogP contribution in [-0.2, 0) is 4.74 Å². The maximum absolute atomic E-state index is 12.0. The molecule has 2 N–H and O–H groups in total. The second-order valence-corrected chi connectivity index (χ2v) is 4.08. The van der Waals surface area contributed by atoms with Gasteiger partial charge in [-0.3, -0.25) is 4.79 Å². The number of nitrogens with one attached hydrogen (secondary N) is 2. The van der Waals surface area contributed by atoms with Crippen LogP contribution in [0.3, 0.4) is 0 Å². The van der Waals surface area contributed by atoms with Crippen molar-refractivity contribution in [2.45, 2.75) is 26.4 Å². The maximum atomic E-state index is 12.0. The highest BCUT2D eigenvalue weighted by Gasteiger charge is 2.12. The number of carbonyl (C=O) groups excluding carboxylic acids is 1. The van der Waals surface area contributed by atoms with E-state index in [-0.39, 0.29) is 12.0 Å². The highest BCUT2D eigenvalue weighted by atomic mass is 16.5. The van der Waals surface area contributed by atoms with Gasteiger partial charge in [0.15, 0.2) is 0 Å². The van der Waals surface area contributed by atoms with Crippen molar-refractivity contribution in [3.63, 3.8) is 0 Å². The second-order valence-electron chi connectivity index (χ2n) is 4.08. The van der Waals surface area contributed by atoms with Gasteiger partial charge in [0.25, 0.3) is 5.91 Å². The van der Waals surface area contributed by atoms with Crippen LogP contribution in [0.4, 0.5) is 5.82 Å². The van der Waals surface area contributed by atoms with E-state index in [2.05, 4.69) is 22.5 Å². The summed E-state index contributed by atoms with van der Waals surface area (Å²) in [4.78, 5) is 16.2. The Morgan fingerprint density at radius 2 is 2.33 bits per heavy atom. The first-order valence-corrected chi connectivity index (χ1v) is 6.19. The van der Waals surface area contributed by atoms with Crippen molar-refractivity contribution < 1.29 is 9.53 Å². The average Bonchev–Trinajstić information content (AvgIpc) is 2.42. The third-order valence-corrected chi connectivity index (χ3v) is 2.55. The highest BCUT2D eigenvalue weighted by Crippen LogP contribution is 2.11. The number of ether oxygens (including phenoxy) is 1. The maximum Gasteiger partial charge on any atom is 0.255 e. The number of hydrogen-bond acceptors (Lipinski definition) is 4. The molecule has 18 heavy (non-hydrogen) atoms. The fourth-order valence-electron chi connectivity index (χ4n) is 1.39. The van der Waals surface area contributed by atoms with Crippen molar-refractivity contribution in [1.82, 2.24) is 10.3 Å². The van der Waals surface area contributed by atoms with Crippen LogP contribution in [0.1, 0.15) is 30.6 Å². The summed E-state index contributed by atoms with van der Waals surface area (Å²) in [5.41, 5.74) is 0.564. The molecule has 0 aromatic carbocycles. The summed E-state index contributed by atoms with van der Waals surface area (Å²) in [6.45, 7) is 5.25. The fraction of sp³-hybridized carbons (Fsp3) is 0.538. The molecule has 5 nitrogen and oxygen atoms in total. The molecule has 1 amide bonds. The molecule has 0 saturated carbocycles. The van der Waals surface area contributed by atoms with E-state index in [1.807, 2.05) is 6.92 Å². The summed E-state index contributed by atoms with van der Waals surface area (Å²) < 4.78 is 5.09. The van der Waals surface area contributed by atoms with Crippen LogP contribution in [-0.4, -0.2) is 37.2 Å². The van der Waals surface area contributed by atoms with E-state index < -0.39 is 0 Å². The molecule has 5 heteroatoms. The molecule has 1 aromatic heterocycles. The summed E-state index contributed by atoms with van der Waals surface area (Å²) in [5, 5.41) is 5.96. The van der Waals surface area contributed by atoms with Crippen molar-refractivity contribution in [2.75, 3.05) is 25.5 Å². The molecule has 0 radical (unpaired) electrons. The Kier molecular flexibility index (Phi) is 6.14. The van der Waals surface area contributed by atoms with Gasteiger partial charge in [0.1, 0.15) is 5.82 Å². The Bertz CT molecular complexity index is 382. The number of amides is 1. The Morgan fingerprint density at radius 3 is 3.00 bits per heavy atom. The molecule has 1 heterocycles. The molecular weight excluding hydrogens is 230 g/mol. The van der Waals surface area contributed by atoms with Gasteiger partial charge in [0, 0.05) is 26.4 Å². The Hall–Kier alpha value is -1.62. The number of carbonyl (C=O) groups is 1. The minimum Gasteiger partial charge on any atom is -0.380 e. The summed E-state index contributed by atoms with van der Waals surface area (Å²) in [7, 11) is 1.62. The molecule has 100 valence electrons. The number of rotatable bonds is 7. The predicted molar refractivity (Wildman–Crippen MR) is 71.8 cm³/mol. The molecule has 0 saturated heterocycles. The van der Waals surface area contributed by atoms with E-state index in [9.17, 15) is 4.79 Å². The van der Waals surface area contributed by atoms with E-state index in [1.165, 1.54) is 0 Å². The van der Waals surface area contributed by atoms with E-state index in [0.29, 0.717) is 17.9 Å². The fourth-order valence-corrected chi connectivity index (χ4v) is 1.39. The lowest BCUT2D eigenvalue weighted by molar-refractivity contribution is 0.0871. The zero-order valence-corrected chi connectivity index (χ0v) is 11.2. The SMILES string of the molecule is CCCNc1ncccc1C(=O)NCC(C)OC. The van der Waals surface area contributed by atoms with E-state index >= 15 is 0 Å². The van der Waals surface area contributed by atoms with Crippen LogP contribution in [0.15, 0.2) is 18.3 Å². The summed E-state index contributed by atoms with van der Waals surface area (Å²) in [6, 6.07) is 3.52. The van der Waals surface area contributed by atoms with Crippen molar-refractivity contribution in [3.05, 3.63) is 23.9 Å². The lowest BCUT2D eigenvalue weighted by Gasteiger charge is -2.13. The van der Waals surface area contributed by atoms with Crippen LogP contribution >= 0.6 is 0 Å². The molecule has 1 atom stereocenters. The zero-order chi connectivity index (χ0) is 13.4. The summed E-state index contributed by atoms with van der Waals surface area (Å²) >= 11 is 0. The van der Waals surface area contributed by atoms with Crippen LogP contribution in [0.25, 0.3) is 0 Å². The topological polar surface area (TPSA) is 63.2 Å². The van der Waals surface area contributed by atoms with Gasteiger partial charge in [-0.2, -0.15) is 0 Å². The van der Waals surface area contributed by atoms with Crippen molar-refractivity contribution in [1.29, 1.82) is 0 Å². The van der Waals surface area contributed by atoms with Gasteiger partial charge in [-0.25, -0.2) is 4.98 Å². The molecule has 0 spiro atoms. The van der Waals surface area contributed by atoms with Gasteiger partial charge in [-0.15, -0.1) is 0 Å². The lowest BCUT2D eigenvalue weighted by Crippen LogP contribution is -2.32. The molecule has 0 aliphatic heterocycles. The number of anilines is 1. The van der Waals surface area contributed by atoms with Crippen molar-refractivity contribution in [3.8, 4) is 0 Å². The molecule has 1 unspecified atom stereocenters. The number of nitrogens with zero attached hydrogens (tertiary/aromatic N) is 1. The largest absolute Gasteiger partial charge is 0.380 e. The molecule has 0 aliphatic carbocycles. The van der Waals surface area contributed by atoms with Crippen LogP contribution in [0.5, 0.6) is 0 Å². The van der Waals surface area contributed by atoms with Gasteiger partial charge < -0.3 is 15.4 Å². The van der Waals surface area contributed by atoms with Crippen LogP contribution in [0.2, 0.25) is 0 Å². The minimum atomic E-state index is -0.134. The number of hydrogen-bond donors (Lipinski definition) is 2. The normalized spacial score (nSPS) is 11.9. The average molecular weight is 251 g/mol. The van der Waals surface area contributed by atoms with Crippen LogP contribution < -0.4 is 10.6 Å². The van der Waals surface area contributed by atoms with Crippen molar-refractivity contribution in [2.24, 2.45) is 0 Å². The monoisotopic (exact) mass is 251 g/mol. The van der Waals surface area contributed by atoms with Crippen molar-refractivity contribution >= 4 is 11.7 Å². The molecule has 1 aromatic rings. The van der Waals surface area contributed by atoms with E-state index in [1.54, 1.807) is 25.4 Å². The number of aromatic nitrogens is 1. The third-order valence-electron chi connectivity index (χ3n) is 2.55. The minimum absolute atomic E-state index is 0.00216. The third kappa shape index (κ3) is 4.33. The van der Waals surface area contributed by atoms with Gasteiger partial charge >= 0.3 is 0 Å². The van der Waals surface area contributed by atoms with Gasteiger partial charge in [0.2, 0.25) is 0 Å². The number of pyridine rings is 1. The Morgan fingerprint density at radius 1 is 1.56 bits per heavy atom. The zero-order valence-electron chi connectivity index (χ0n) is 11.2. The van der Waals surface area contributed by atoms with E-state index in [0.717, 1.165) is 13.0 Å². The quantitative estimate of drug-likeness (QED) is 0.773. The Labute approximate surface area is 108 Å². The van der Waals surface area contributed by atoms with Gasteiger partial charge in [-0.05, 0) is 25.5 Å². The van der Waals surface area contributed by atoms with Crippen LogP contribution in [0, 0.1) is 0 Å². The molecule has 0 fully saturated rings. The first-order valence-electron chi connectivity index (χ1n) is 6.19. The summed E-state index contributed by atoms with van der Waals surface area (Å²) in [5.74, 6) is 0.493. The smallest absolute Gasteiger partial charge is 0.255 e. The predicted octanol–water partition coefficient (Wildman–Crippen LogP) is 1.67. The molecule has 0 bridgehead atoms. The highest BCUT2D eigenvalue weighted by molar-refractivity contribution is 5.98. The first-order chi connectivity index (χ1) is 8.69. The van der Waals surface area contributed by atoms with Gasteiger partial charge in [-0.1, -0.05) is 6.92 Å². The lowest BCUT2D eigenvalue weighted by atomic mass is 10.2. The van der Waals surface area contributed by atoms with Gasteiger partial charge in [0.05, 0.1) is 11.7 Å². The molecule has 0 aliphatic rings.